The van der Waals surface area contributed by atoms with Crippen molar-refractivity contribution in [2.45, 2.75) is 175 Å². The third-order valence-electron chi connectivity index (χ3n) is 13.0. The van der Waals surface area contributed by atoms with Crippen LogP contribution in [0.3, 0.4) is 0 Å². The molecule has 3 fully saturated rings. The van der Waals surface area contributed by atoms with Crippen molar-refractivity contribution < 1.29 is 18.4 Å². The van der Waals surface area contributed by atoms with E-state index in [0.717, 1.165) is 19.3 Å². The van der Waals surface area contributed by atoms with Crippen molar-refractivity contribution in [1.29, 1.82) is 0 Å². The molecule has 0 aromatic rings. The first-order chi connectivity index (χ1) is 20.1. The van der Waals surface area contributed by atoms with Gasteiger partial charge in [-0.3, -0.25) is 4.79 Å². The maximum atomic E-state index is 12.1. The lowest BCUT2D eigenvalue weighted by atomic mass is 9.60. The Morgan fingerprint density at radius 1 is 0.977 bits per heavy atom. The Balaban J connectivity index is 1.86. The van der Waals surface area contributed by atoms with E-state index in [-0.39, 0.29) is 28.3 Å². The minimum Gasteiger partial charge on any atom is -0.466 e. The SMILES string of the molecule is CCOC(=O)CC[C@@H](C)[C@H]1CC[C@H]2C(=CC=C3C[C@@H](O[Si](C)(C)C(C)(C)C)C[C@H](O[Si](C)(C)C(C)(C)C)[C@@H]3C)CCC[C@]12C. The van der Waals surface area contributed by atoms with Crippen molar-refractivity contribution in [3.63, 3.8) is 0 Å². The summed E-state index contributed by atoms with van der Waals surface area (Å²) in [7, 11) is -3.83. The van der Waals surface area contributed by atoms with E-state index in [1.807, 2.05) is 6.92 Å². The van der Waals surface area contributed by atoms with Crippen LogP contribution in [0.1, 0.15) is 127 Å². The van der Waals surface area contributed by atoms with Gasteiger partial charge in [0.25, 0.3) is 0 Å². The molecule has 0 heterocycles. The molecule has 0 N–H and O–H groups in total. The number of hydrogen-bond acceptors (Lipinski definition) is 4. The third kappa shape index (κ3) is 8.60. The summed E-state index contributed by atoms with van der Waals surface area (Å²) in [5.41, 5.74) is 3.50. The molecule has 0 aromatic heterocycles. The summed E-state index contributed by atoms with van der Waals surface area (Å²) >= 11 is 0. The molecule has 3 aliphatic rings. The summed E-state index contributed by atoms with van der Waals surface area (Å²) < 4.78 is 19.5. The predicted molar refractivity (Wildman–Crippen MR) is 192 cm³/mol. The molecule has 3 rings (SSSR count). The van der Waals surface area contributed by atoms with Gasteiger partial charge in [-0.2, -0.15) is 0 Å². The van der Waals surface area contributed by atoms with Gasteiger partial charge in [-0.05, 0) is 118 Å². The van der Waals surface area contributed by atoms with Crippen LogP contribution in [0.2, 0.25) is 36.3 Å². The summed E-state index contributed by atoms with van der Waals surface area (Å²) in [5, 5.41) is 0.377. The van der Waals surface area contributed by atoms with Crippen molar-refractivity contribution in [3.05, 3.63) is 23.3 Å². The fourth-order valence-corrected chi connectivity index (χ4v) is 10.8. The monoisotopic (exact) mass is 646 g/mol. The van der Waals surface area contributed by atoms with Gasteiger partial charge in [0.15, 0.2) is 16.6 Å². The molecule has 3 aliphatic carbocycles. The molecule has 0 radical (unpaired) electrons. The third-order valence-corrected chi connectivity index (χ3v) is 22.0. The summed E-state index contributed by atoms with van der Waals surface area (Å²) in [6, 6.07) is 0. The molecule has 0 unspecified atom stereocenters. The largest absolute Gasteiger partial charge is 0.466 e. The standard InChI is InChI=1S/C38H70O4Si2/c1-15-40-35(39)23-18-27(2)32-21-22-33-29(17-16-24-38(32,33)10)19-20-30-25-31(41-43(11,12)36(4,5)6)26-34(28(30)3)42-44(13,14)37(7,8)9/h19-20,27-28,31-34H,15-18,21-26H2,1-14H3/t27-,28-,31-,32-,33+,34+,38-/m1/s1. The molecule has 0 spiro atoms. The highest BCUT2D eigenvalue weighted by Gasteiger charge is 2.51. The zero-order valence-corrected chi connectivity index (χ0v) is 33.3. The smallest absolute Gasteiger partial charge is 0.305 e. The quantitative estimate of drug-likeness (QED) is 0.175. The number of esters is 1. The lowest BCUT2D eigenvalue weighted by molar-refractivity contribution is -0.143. The van der Waals surface area contributed by atoms with Gasteiger partial charge in [-0.1, -0.05) is 85.6 Å². The van der Waals surface area contributed by atoms with Gasteiger partial charge in [0.05, 0.1) is 18.8 Å². The van der Waals surface area contributed by atoms with Crippen molar-refractivity contribution >= 4 is 22.6 Å². The van der Waals surface area contributed by atoms with E-state index in [1.54, 1.807) is 5.57 Å². The summed E-state index contributed by atoms with van der Waals surface area (Å²) in [6.45, 7) is 33.4. The first-order valence-corrected chi connectivity index (χ1v) is 23.9. The zero-order valence-electron chi connectivity index (χ0n) is 31.3. The summed E-state index contributed by atoms with van der Waals surface area (Å²) in [4.78, 5) is 12.1. The van der Waals surface area contributed by atoms with E-state index in [0.29, 0.717) is 42.1 Å². The lowest BCUT2D eigenvalue weighted by Crippen LogP contribution is -2.50. The number of allylic oxidation sites excluding steroid dienone is 3. The fourth-order valence-electron chi connectivity index (χ4n) is 8.05. The average molecular weight is 647 g/mol. The molecule has 44 heavy (non-hydrogen) atoms. The van der Waals surface area contributed by atoms with Gasteiger partial charge in [0.1, 0.15) is 0 Å². The van der Waals surface area contributed by atoms with Gasteiger partial charge < -0.3 is 13.6 Å². The number of ether oxygens (including phenoxy) is 1. The molecule has 0 saturated heterocycles. The molecule has 254 valence electrons. The summed E-state index contributed by atoms with van der Waals surface area (Å²) in [6.07, 6.45) is 15.3. The van der Waals surface area contributed by atoms with Crippen molar-refractivity contribution in [3.8, 4) is 0 Å². The van der Waals surface area contributed by atoms with E-state index >= 15 is 0 Å². The van der Waals surface area contributed by atoms with Crippen LogP contribution in [0.25, 0.3) is 0 Å². The minimum absolute atomic E-state index is 0.0387. The highest BCUT2D eigenvalue weighted by Crippen LogP contribution is 2.60. The molecular formula is C38H70O4Si2. The molecule has 0 aliphatic heterocycles. The maximum Gasteiger partial charge on any atom is 0.305 e. The predicted octanol–water partition coefficient (Wildman–Crippen LogP) is 11.2. The second-order valence-electron chi connectivity index (χ2n) is 18.0. The first-order valence-electron chi connectivity index (χ1n) is 18.0. The Morgan fingerprint density at radius 2 is 1.57 bits per heavy atom. The molecule has 0 amide bonds. The first kappa shape index (κ1) is 37.8. The normalized spacial score (nSPS) is 33.0. The molecule has 0 aromatic carbocycles. The van der Waals surface area contributed by atoms with Crippen LogP contribution in [0.4, 0.5) is 0 Å². The zero-order chi connectivity index (χ0) is 33.3. The van der Waals surface area contributed by atoms with E-state index in [1.165, 1.54) is 37.7 Å². The van der Waals surface area contributed by atoms with Crippen molar-refractivity contribution in [2.24, 2.45) is 29.1 Å². The number of hydrogen-bond donors (Lipinski definition) is 0. The Kier molecular flexibility index (Phi) is 12.2. The number of carbonyl (C=O) groups is 1. The minimum atomic E-state index is -1.92. The number of rotatable bonds is 10. The van der Waals surface area contributed by atoms with E-state index < -0.39 is 16.6 Å². The fraction of sp³-hybridized carbons (Fsp3) is 0.868. The molecule has 3 saturated carbocycles. The second kappa shape index (κ2) is 14.2. The van der Waals surface area contributed by atoms with Gasteiger partial charge in [0, 0.05) is 12.3 Å². The van der Waals surface area contributed by atoms with Crippen LogP contribution in [0, 0.1) is 29.1 Å². The Hall–Kier alpha value is -0.696. The van der Waals surface area contributed by atoms with E-state index in [4.69, 9.17) is 13.6 Å². The van der Waals surface area contributed by atoms with Gasteiger partial charge >= 0.3 is 5.97 Å². The average Bonchev–Trinajstić information content (AvgIpc) is 3.24. The van der Waals surface area contributed by atoms with Crippen molar-refractivity contribution in [2.75, 3.05) is 6.61 Å². The van der Waals surface area contributed by atoms with Crippen LogP contribution in [0.5, 0.6) is 0 Å². The van der Waals surface area contributed by atoms with E-state index in [9.17, 15) is 4.79 Å². The summed E-state index contributed by atoms with van der Waals surface area (Å²) in [5.74, 6) is 2.24. The molecular weight excluding hydrogens is 577 g/mol. The van der Waals surface area contributed by atoms with Crippen LogP contribution in [-0.2, 0) is 18.4 Å². The number of fused-ring (bicyclic) bond motifs is 1. The second-order valence-corrected chi connectivity index (χ2v) is 27.6. The highest BCUT2D eigenvalue weighted by atomic mass is 28.4. The van der Waals surface area contributed by atoms with Crippen LogP contribution in [-0.4, -0.2) is 41.4 Å². The Morgan fingerprint density at radius 3 is 2.16 bits per heavy atom. The molecule has 7 atom stereocenters. The maximum absolute atomic E-state index is 12.1. The molecule has 4 nitrogen and oxygen atoms in total. The molecule has 6 heteroatoms. The van der Waals surface area contributed by atoms with Crippen LogP contribution in [0.15, 0.2) is 23.3 Å². The highest BCUT2D eigenvalue weighted by molar-refractivity contribution is 6.74. The van der Waals surface area contributed by atoms with Crippen molar-refractivity contribution in [1.82, 2.24) is 0 Å². The topological polar surface area (TPSA) is 44.8 Å². The van der Waals surface area contributed by atoms with E-state index in [2.05, 4.69) is 101 Å². The van der Waals surface area contributed by atoms with Gasteiger partial charge in [-0.25, -0.2) is 0 Å². The lowest BCUT2D eigenvalue weighted by Gasteiger charge is -2.47. The van der Waals surface area contributed by atoms with Crippen LogP contribution >= 0.6 is 0 Å². The molecule has 0 bridgehead atoms. The van der Waals surface area contributed by atoms with Crippen LogP contribution < -0.4 is 0 Å². The number of carbonyl (C=O) groups excluding carboxylic acids is 1. The van der Waals surface area contributed by atoms with Gasteiger partial charge in [-0.15, -0.1) is 0 Å². The van der Waals surface area contributed by atoms with Gasteiger partial charge in [0.2, 0.25) is 0 Å². The Labute approximate surface area is 274 Å². The Bertz CT molecular complexity index is 1050.